The summed E-state index contributed by atoms with van der Waals surface area (Å²) in [6, 6.07) is 4.41. The molecule has 0 unspecified atom stereocenters. The van der Waals surface area contributed by atoms with Gasteiger partial charge in [0.25, 0.3) is 0 Å². The van der Waals surface area contributed by atoms with Crippen LogP contribution in [0.4, 0.5) is 13.2 Å². The number of carbonyl (C=O) groups excluding carboxylic acids is 1. The van der Waals surface area contributed by atoms with Gasteiger partial charge in [0.2, 0.25) is 5.91 Å². The second-order valence-electron chi connectivity index (χ2n) is 5.30. The van der Waals surface area contributed by atoms with Crippen molar-refractivity contribution in [3.63, 3.8) is 0 Å². The second kappa shape index (κ2) is 10.8. The maximum atomic E-state index is 13.7. The lowest BCUT2D eigenvalue weighted by Gasteiger charge is -2.25. The van der Waals surface area contributed by atoms with Crippen molar-refractivity contribution >= 4 is 29.9 Å². The van der Waals surface area contributed by atoms with Gasteiger partial charge >= 0.3 is 6.61 Å². The fourth-order valence-electron chi connectivity index (χ4n) is 2.46. The molecule has 0 spiro atoms. The Morgan fingerprint density at radius 1 is 1.48 bits per heavy atom. The zero-order valence-electron chi connectivity index (χ0n) is 13.1. The zero-order valence-corrected chi connectivity index (χ0v) is 14.7. The molecular formula is C15H19Cl2F3N2O3. The average molecular weight is 403 g/mol. The number of rotatable bonds is 6. The van der Waals surface area contributed by atoms with Crippen molar-refractivity contribution in [1.29, 1.82) is 0 Å². The summed E-state index contributed by atoms with van der Waals surface area (Å²) in [6.07, 6.45) is -0.455. The molecule has 10 heteroatoms. The van der Waals surface area contributed by atoms with Gasteiger partial charge in [-0.25, -0.2) is 4.39 Å². The highest BCUT2D eigenvalue weighted by molar-refractivity contribution is 6.30. The standard InChI is InChI=1S/C15H18ClF3N2O3.ClH/c16-11-2-1-9(5-12(11)17)14-10(6-20-3-4-23-14)7-21-13(22)8-24-15(18)19;/h1-2,5,10,14-15,20H,3-4,6-8H2,(H,21,22);1H/t10-,14-;/m0./s1. The van der Waals surface area contributed by atoms with E-state index in [1.807, 2.05) is 0 Å². The molecule has 2 rings (SSSR count). The third-order valence-corrected chi connectivity index (χ3v) is 3.89. The van der Waals surface area contributed by atoms with Crippen LogP contribution in [0.25, 0.3) is 0 Å². The Morgan fingerprint density at radius 3 is 2.92 bits per heavy atom. The van der Waals surface area contributed by atoms with E-state index in [-0.39, 0.29) is 29.9 Å². The molecular weight excluding hydrogens is 384 g/mol. The van der Waals surface area contributed by atoms with Gasteiger partial charge in [0.05, 0.1) is 17.7 Å². The summed E-state index contributed by atoms with van der Waals surface area (Å²) >= 11 is 5.69. The number of nitrogens with one attached hydrogen (secondary N) is 2. The third-order valence-electron chi connectivity index (χ3n) is 3.58. The predicted octanol–water partition coefficient (Wildman–Crippen LogP) is 2.53. The van der Waals surface area contributed by atoms with Crippen LogP contribution in [0.2, 0.25) is 5.02 Å². The molecule has 25 heavy (non-hydrogen) atoms. The van der Waals surface area contributed by atoms with Gasteiger partial charge in [-0.3, -0.25) is 4.79 Å². The van der Waals surface area contributed by atoms with Crippen LogP contribution in [0, 0.1) is 11.7 Å². The van der Waals surface area contributed by atoms with Gasteiger partial charge in [-0.1, -0.05) is 17.7 Å². The summed E-state index contributed by atoms with van der Waals surface area (Å²) in [6.45, 7) is -1.99. The van der Waals surface area contributed by atoms with E-state index < -0.39 is 31.0 Å². The summed E-state index contributed by atoms with van der Waals surface area (Å²) in [5.74, 6) is -1.41. The molecule has 142 valence electrons. The summed E-state index contributed by atoms with van der Waals surface area (Å²) < 4.78 is 47.2. The normalized spacial score (nSPS) is 20.7. The summed E-state index contributed by atoms with van der Waals surface area (Å²) in [4.78, 5) is 11.5. The first-order chi connectivity index (χ1) is 11.5. The van der Waals surface area contributed by atoms with Crippen molar-refractivity contribution in [2.45, 2.75) is 12.7 Å². The number of benzene rings is 1. The number of carbonyl (C=O) groups is 1. The van der Waals surface area contributed by atoms with Crippen LogP contribution < -0.4 is 10.6 Å². The minimum absolute atomic E-state index is 0. The zero-order chi connectivity index (χ0) is 17.5. The van der Waals surface area contributed by atoms with Gasteiger partial charge in [0.1, 0.15) is 12.4 Å². The van der Waals surface area contributed by atoms with E-state index in [1.165, 1.54) is 12.1 Å². The Balaban J connectivity index is 0.00000312. The lowest BCUT2D eigenvalue weighted by molar-refractivity contribution is -0.152. The first kappa shape index (κ1) is 22.0. The molecule has 1 aliphatic rings. The van der Waals surface area contributed by atoms with Gasteiger partial charge in [-0.15, -0.1) is 12.4 Å². The van der Waals surface area contributed by atoms with Crippen molar-refractivity contribution in [2.24, 2.45) is 5.92 Å². The molecule has 1 aromatic rings. The third kappa shape index (κ3) is 6.99. The van der Waals surface area contributed by atoms with Gasteiger partial charge in [-0.2, -0.15) is 8.78 Å². The largest absolute Gasteiger partial charge is 0.372 e. The Bertz CT molecular complexity index is 567. The summed E-state index contributed by atoms with van der Waals surface area (Å²) in [5, 5.41) is 5.69. The minimum atomic E-state index is -3.00. The molecule has 2 atom stereocenters. The van der Waals surface area contributed by atoms with Crippen LogP contribution in [0.5, 0.6) is 0 Å². The summed E-state index contributed by atoms with van der Waals surface area (Å²) in [5.41, 5.74) is 0.601. The number of alkyl halides is 2. The maximum Gasteiger partial charge on any atom is 0.345 e. The number of hydrogen-bond acceptors (Lipinski definition) is 4. The minimum Gasteiger partial charge on any atom is -0.372 e. The van der Waals surface area contributed by atoms with E-state index in [0.29, 0.717) is 25.3 Å². The number of halogens is 5. The Hall–Kier alpha value is -1.06. The maximum absolute atomic E-state index is 13.7. The Labute approximate surface area is 154 Å². The van der Waals surface area contributed by atoms with E-state index in [9.17, 15) is 18.0 Å². The topological polar surface area (TPSA) is 59.6 Å². The monoisotopic (exact) mass is 402 g/mol. The molecule has 1 saturated heterocycles. The SMILES string of the molecule is Cl.O=C(COC(F)F)NC[C@@H]1CNCCO[C@H]1c1ccc(Cl)c(F)c1. The number of amides is 1. The lowest BCUT2D eigenvalue weighted by atomic mass is 9.95. The molecule has 0 bridgehead atoms. The smallest absolute Gasteiger partial charge is 0.345 e. The van der Waals surface area contributed by atoms with E-state index in [0.717, 1.165) is 0 Å². The fourth-order valence-corrected chi connectivity index (χ4v) is 2.58. The first-order valence-corrected chi connectivity index (χ1v) is 7.79. The van der Waals surface area contributed by atoms with Crippen molar-refractivity contribution in [3.8, 4) is 0 Å². The van der Waals surface area contributed by atoms with Gasteiger partial charge in [-0.05, 0) is 17.7 Å². The quantitative estimate of drug-likeness (QED) is 0.767. The first-order valence-electron chi connectivity index (χ1n) is 7.41. The highest BCUT2D eigenvalue weighted by Crippen LogP contribution is 2.29. The predicted molar refractivity (Wildman–Crippen MR) is 88.7 cm³/mol. The van der Waals surface area contributed by atoms with Crippen LogP contribution in [0.1, 0.15) is 11.7 Å². The van der Waals surface area contributed by atoms with Crippen molar-refractivity contribution in [1.82, 2.24) is 10.6 Å². The summed E-state index contributed by atoms with van der Waals surface area (Å²) in [7, 11) is 0. The van der Waals surface area contributed by atoms with Crippen LogP contribution in [-0.4, -0.2) is 45.4 Å². The molecule has 1 amide bonds. The van der Waals surface area contributed by atoms with Crippen LogP contribution >= 0.6 is 24.0 Å². The van der Waals surface area contributed by atoms with E-state index >= 15 is 0 Å². The molecule has 2 N–H and O–H groups in total. The van der Waals surface area contributed by atoms with Crippen LogP contribution in [0.3, 0.4) is 0 Å². The Kier molecular flexibility index (Phi) is 9.52. The molecule has 0 saturated carbocycles. The Morgan fingerprint density at radius 2 is 2.24 bits per heavy atom. The van der Waals surface area contributed by atoms with Crippen molar-refractivity contribution in [2.75, 3.05) is 32.8 Å². The van der Waals surface area contributed by atoms with Crippen molar-refractivity contribution in [3.05, 3.63) is 34.6 Å². The molecule has 0 radical (unpaired) electrons. The highest BCUT2D eigenvalue weighted by atomic mass is 35.5. The number of ether oxygens (including phenoxy) is 2. The van der Waals surface area contributed by atoms with E-state index in [4.69, 9.17) is 16.3 Å². The van der Waals surface area contributed by atoms with E-state index in [1.54, 1.807) is 6.07 Å². The highest BCUT2D eigenvalue weighted by Gasteiger charge is 2.27. The molecule has 0 aromatic heterocycles. The van der Waals surface area contributed by atoms with Crippen LogP contribution in [0.15, 0.2) is 18.2 Å². The fraction of sp³-hybridized carbons (Fsp3) is 0.533. The molecule has 1 fully saturated rings. The van der Waals surface area contributed by atoms with Gasteiger partial charge in [0.15, 0.2) is 0 Å². The number of hydrogen-bond donors (Lipinski definition) is 2. The van der Waals surface area contributed by atoms with Crippen LogP contribution in [-0.2, 0) is 14.3 Å². The van der Waals surface area contributed by atoms with Gasteiger partial charge < -0.3 is 20.1 Å². The molecule has 5 nitrogen and oxygen atoms in total. The van der Waals surface area contributed by atoms with Gasteiger partial charge in [0, 0.05) is 25.6 Å². The second-order valence-corrected chi connectivity index (χ2v) is 5.71. The van der Waals surface area contributed by atoms with Crippen molar-refractivity contribution < 1.29 is 27.4 Å². The average Bonchev–Trinajstić information content (AvgIpc) is 2.79. The molecule has 1 aliphatic heterocycles. The molecule has 1 aromatic carbocycles. The molecule has 1 heterocycles. The lowest BCUT2D eigenvalue weighted by Crippen LogP contribution is -2.38. The molecule has 0 aliphatic carbocycles. The van der Waals surface area contributed by atoms with E-state index in [2.05, 4.69) is 15.4 Å².